The number of H-pyrrole nitrogens is 2. The maximum absolute atomic E-state index is 12.4. The first kappa shape index (κ1) is 17.1. The van der Waals surface area contributed by atoms with E-state index in [-0.39, 0.29) is 5.43 Å². The number of likely N-dealkylation sites (tertiary alicyclic amines) is 1. The molecular formula is C19H19BrN5OS+. The number of halogens is 1. The van der Waals surface area contributed by atoms with Gasteiger partial charge in [-0.25, -0.2) is 15.0 Å². The molecule has 0 atom stereocenters. The molecule has 1 aliphatic rings. The van der Waals surface area contributed by atoms with Gasteiger partial charge in [-0.15, -0.1) is 11.3 Å². The van der Waals surface area contributed by atoms with E-state index in [0.29, 0.717) is 6.04 Å². The fourth-order valence-electron chi connectivity index (χ4n) is 4.06. The van der Waals surface area contributed by atoms with Crippen LogP contribution in [-0.2, 0) is 6.54 Å². The van der Waals surface area contributed by atoms with Gasteiger partial charge >= 0.3 is 0 Å². The Bertz CT molecular complexity index is 1170. The van der Waals surface area contributed by atoms with Crippen molar-refractivity contribution in [3.8, 4) is 0 Å². The van der Waals surface area contributed by atoms with Crippen molar-refractivity contribution < 1.29 is 4.98 Å². The molecule has 0 bridgehead atoms. The first-order valence-electron chi connectivity index (χ1n) is 9.04. The van der Waals surface area contributed by atoms with Gasteiger partial charge in [-0.1, -0.05) is 0 Å². The fourth-order valence-corrected chi connectivity index (χ4v) is 5.46. The lowest BCUT2D eigenvalue weighted by atomic mass is 10.0. The van der Waals surface area contributed by atoms with Crippen molar-refractivity contribution in [3.05, 3.63) is 55.9 Å². The van der Waals surface area contributed by atoms with Gasteiger partial charge in [0.1, 0.15) is 6.20 Å². The Morgan fingerprint density at radius 2 is 2.15 bits per heavy atom. The third-order valence-electron chi connectivity index (χ3n) is 5.38. The topological polar surface area (TPSA) is 68.1 Å². The minimum Gasteiger partial charge on any atom is -0.343 e. The summed E-state index contributed by atoms with van der Waals surface area (Å²) in [5, 5.41) is 1.82. The summed E-state index contributed by atoms with van der Waals surface area (Å²) >= 11 is 5.14. The summed E-state index contributed by atoms with van der Waals surface area (Å²) in [5.74, 6) is 0. The molecule has 0 unspecified atom stereocenters. The molecule has 0 saturated carbocycles. The molecule has 27 heavy (non-hydrogen) atoms. The number of thiazole rings is 1. The van der Waals surface area contributed by atoms with Gasteiger partial charge in [-0.05, 0) is 34.8 Å². The number of nitrogens with one attached hydrogen (secondary N) is 2. The number of hydrogen-bond donors (Lipinski definition) is 1. The third kappa shape index (κ3) is 3.11. The Balaban J connectivity index is 1.44. The monoisotopic (exact) mass is 444 g/mol. The zero-order chi connectivity index (χ0) is 18.4. The van der Waals surface area contributed by atoms with Crippen LogP contribution in [0.5, 0.6) is 0 Å². The lowest BCUT2D eigenvalue weighted by molar-refractivity contribution is -0.345. The molecule has 5 heterocycles. The lowest BCUT2D eigenvalue weighted by Gasteiger charge is -2.33. The number of nitrogens with zero attached hydrogens (tertiary/aromatic N) is 3. The van der Waals surface area contributed by atoms with Crippen LogP contribution in [0.25, 0.3) is 21.9 Å². The van der Waals surface area contributed by atoms with Crippen LogP contribution in [0.1, 0.15) is 23.8 Å². The SMILES string of the molecule is O=c1ccn(C2CCN(Cc3cnc(Br)s3)CC2)c2c1c[nH+]c1[nH]ccc12. The largest absolute Gasteiger partial charge is 0.343 e. The second-order valence-electron chi connectivity index (χ2n) is 6.99. The molecule has 1 aliphatic heterocycles. The number of fused-ring (bicyclic) bond motifs is 3. The van der Waals surface area contributed by atoms with E-state index in [9.17, 15) is 4.79 Å². The second-order valence-corrected chi connectivity index (χ2v) is 9.38. The van der Waals surface area contributed by atoms with Gasteiger partial charge in [-0.3, -0.25) is 9.69 Å². The molecule has 0 aliphatic carbocycles. The molecule has 8 heteroatoms. The Kier molecular flexibility index (Phi) is 4.34. The van der Waals surface area contributed by atoms with Crippen molar-refractivity contribution >= 4 is 49.2 Å². The third-order valence-corrected chi connectivity index (χ3v) is 6.84. The van der Waals surface area contributed by atoms with Crippen LogP contribution in [-0.4, -0.2) is 32.5 Å². The summed E-state index contributed by atoms with van der Waals surface area (Å²) < 4.78 is 3.25. The molecule has 1 fully saturated rings. The van der Waals surface area contributed by atoms with Gasteiger partial charge in [0.25, 0.3) is 5.65 Å². The van der Waals surface area contributed by atoms with Crippen molar-refractivity contribution in [1.82, 2.24) is 19.4 Å². The second kappa shape index (κ2) is 6.85. The summed E-state index contributed by atoms with van der Waals surface area (Å²) in [6.45, 7) is 3.05. The van der Waals surface area contributed by atoms with Crippen molar-refractivity contribution in [2.24, 2.45) is 0 Å². The molecule has 0 spiro atoms. The van der Waals surface area contributed by atoms with Crippen LogP contribution in [0.2, 0.25) is 0 Å². The van der Waals surface area contributed by atoms with Gasteiger partial charge in [0.2, 0.25) is 0 Å². The van der Waals surface area contributed by atoms with Crippen LogP contribution >= 0.6 is 27.3 Å². The molecule has 5 rings (SSSR count). The highest BCUT2D eigenvalue weighted by molar-refractivity contribution is 9.11. The van der Waals surface area contributed by atoms with E-state index < -0.39 is 0 Å². The molecule has 4 aromatic rings. The van der Waals surface area contributed by atoms with Gasteiger partial charge in [0.05, 0.1) is 22.5 Å². The Labute approximate surface area is 168 Å². The summed E-state index contributed by atoms with van der Waals surface area (Å²) in [4.78, 5) is 26.8. The minimum absolute atomic E-state index is 0.0637. The zero-order valence-electron chi connectivity index (χ0n) is 14.6. The smallest absolute Gasteiger partial charge is 0.286 e. The summed E-state index contributed by atoms with van der Waals surface area (Å²) in [7, 11) is 0. The maximum Gasteiger partial charge on any atom is 0.286 e. The van der Waals surface area contributed by atoms with Crippen molar-refractivity contribution in [2.75, 3.05) is 13.1 Å². The number of aromatic nitrogens is 4. The number of piperidine rings is 1. The maximum atomic E-state index is 12.4. The fraction of sp³-hybridized carbons (Fsp3) is 0.316. The Morgan fingerprint density at radius 1 is 1.30 bits per heavy atom. The Morgan fingerprint density at radius 3 is 2.93 bits per heavy atom. The van der Waals surface area contributed by atoms with Crippen LogP contribution < -0.4 is 10.4 Å². The van der Waals surface area contributed by atoms with E-state index in [1.54, 1.807) is 17.4 Å². The van der Waals surface area contributed by atoms with E-state index >= 15 is 0 Å². The van der Waals surface area contributed by atoms with Gasteiger partial charge in [-0.2, -0.15) is 0 Å². The van der Waals surface area contributed by atoms with Crippen LogP contribution in [0.3, 0.4) is 0 Å². The van der Waals surface area contributed by atoms with E-state index in [1.807, 2.05) is 30.9 Å². The number of hydrogen-bond acceptors (Lipinski definition) is 4. The average molecular weight is 445 g/mol. The zero-order valence-corrected chi connectivity index (χ0v) is 17.0. The molecule has 0 aromatic carbocycles. The van der Waals surface area contributed by atoms with Crippen molar-refractivity contribution in [1.29, 1.82) is 0 Å². The summed E-state index contributed by atoms with van der Waals surface area (Å²) in [6, 6.07) is 4.13. The first-order valence-corrected chi connectivity index (χ1v) is 10.7. The summed E-state index contributed by atoms with van der Waals surface area (Å²) in [5.41, 5.74) is 2.05. The number of pyridine rings is 2. The molecule has 6 nitrogen and oxygen atoms in total. The van der Waals surface area contributed by atoms with Crippen LogP contribution in [0.4, 0.5) is 0 Å². The van der Waals surface area contributed by atoms with Crippen molar-refractivity contribution in [3.63, 3.8) is 0 Å². The van der Waals surface area contributed by atoms with Crippen LogP contribution in [0.15, 0.2) is 45.6 Å². The molecular weight excluding hydrogens is 426 g/mol. The van der Waals surface area contributed by atoms with E-state index in [4.69, 9.17) is 0 Å². The number of rotatable bonds is 3. The predicted molar refractivity (Wildman–Crippen MR) is 110 cm³/mol. The Hall–Kier alpha value is -2.03. The number of aromatic amines is 2. The quantitative estimate of drug-likeness (QED) is 0.526. The summed E-state index contributed by atoms with van der Waals surface area (Å²) in [6.07, 6.45) is 9.81. The van der Waals surface area contributed by atoms with E-state index in [1.165, 1.54) is 4.88 Å². The minimum atomic E-state index is 0.0637. The van der Waals surface area contributed by atoms with Gasteiger partial charge in [0, 0.05) is 49.0 Å². The standard InChI is InChI=1S/C19H18BrN5OS/c20-19-23-9-13(27-19)11-24-6-2-12(3-7-24)25-8-4-16(26)15-10-22-18-14(17(15)25)1-5-21-18/h1,4-5,8-10,12H,2-3,6-7,11H2,(H,21,22)/p+1. The first-order chi connectivity index (χ1) is 13.2. The highest BCUT2D eigenvalue weighted by Crippen LogP contribution is 2.29. The normalized spacial score (nSPS) is 16.5. The molecule has 138 valence electrons. The van der Waals surface area contributed by atoms with Crippen molar-refractivity contribution in [2.45, 2.75) is 25.4 Å². The highest BCUT2D eigenvalue weighted by Gasteiger charge is 2.23. The lowest BCUT2D eigenvalue weighted by Crippen LogP contribution is -2.34. The molecule has 2 N–H and O–H groups in total. The average Bonchev–Trinajstić information content (AvgIpc) is 3.31. The highest BCUT2D eigenvalue weighted by atomic mass is 79.9. The predicted octanol–water partition coefficient (Wildman–Crippen LogP) is 3.35. The van der Waals surface area contributed by atoms with Crippen LogP contribution in [0, 0.1) is 0 Å². The molecule has 0 radical (unpaired) electrons. The van der Waals surface area contributed by atoms with E-state index in [2.05, 4.69) is 40.3 Å². The van der Waals surface area contributed by atoms with Gasteiger partial charge < -0.3 is 4.57 Å². The van der Waals surface area contributed by atoms with E-state index in [0.717, 1.165) is 58.3 Å². The molecule has 0 amide bonds. The molecule has 1 saturated heterocycles. The van der Waals surface area contributed by atoms with Gasteiger partial charge in [0.15, 0.2) is 9.35 Å². The molecule has 4 aromatic heterocycles.